The highest BCUT2D eigenvalue weighted by Crippen LogP contribution is 2.14. The first-order valence-corrected chi connectivity index (χ1v) is 8.98. The normalized spacial score (nSPS) is 15.4. The second-order valence-corrected chi connectivity index (χ2v) is 7.09. The summed E-state index contributed by atoms with van der Waals surface area (Å²) in [5.41, 5.74) is 6.72. The van der Waals surface area contributed by atoms with E-state index in [1.807, 2.05) is 6.92 Å². The molecule has 10 heteroatoms. The molecule has 9 nitrogen and oxygen atoms in total. The lowest BCUT2D eigenvalue weighted by molar-refractivity contribution is 0.0952. The number of rotatable bonds is 5. The number of piperazine rings is 1. The van der Waals surface area contributed by atoms with Crippen molar-refractivity contribution >= 4 is 28.3 Å². The fourth-order valence-corrected chi connectivity index (χ4v) is 3.19. The van der Waals surface area contributed by atoms with Crippen LogP contribution in [0.5, 0.6) is 0 Å². The Balaban J connectivity index is 1.57. The third kappa shape index (κ3) is 4.40. The molecule has 3 N–H and O–H groups in total. The molecule has 0 saturated carbocycles. The quantitative estimate of drug-likeness (QED) is 0.761. The summed E-state index contributed by atoms with van der Waals surface area (Å²) in [6.45, 7) is 6.06. The molecule has 0 spiro atoms. The number of likely N-dealkylation sites (N-methyl/N-ethyl adjacent to an activating group) is 1. The lowest BCUT2D eigenvalue weighted by Crippen LogP contribution is -2.45. The maximum Gasteiger partial charge on any atom is 0.254 e. The van der Waals surface area contributed by atoms with Crippen molar-refractivity contribution in [1.29, 1.82) is 0 Å². The van der Waals surface area contributed by atoms with E-state index < -0.39 is 0 Å². The monoisotopic (exact) mass is 362 g/mol. The molecular formula is C15H22N8OS. The van der Waals surface area contributed by atoms with Crippen LogP contribution in [-0.4, -0.2) is 70.7 Å². The largest absolute Gasteiger partial charge is 0.374 e. The van der Waals surface area contributed by atoms with E-state index in [0.717, 1.165) is 31.2 Å². The smallest absolute Gasteiger partial charge is 0.254 e. The molecule has 0 bridgehead atoms. The van der Waals surface area contributed by atoms with E-state index in [4.69, 9.17) is 5.73 Å². The maximum absolute atomic E-state index is 12.3. The molecule has 1 aliphatic heterocycles. The minimum absolute atomic E-state index is 0.181. The van der Waals surface area contributed by atoms with Crippen LogP contribution >= 0.6 is 11.3 Å². The number of hydrogen-bond donors (Lipinski definition) is 2. The molecule has 3 rings (SSSR count). The topological polar surface area (TPSA) is 113 Å². The van der Waals surface area contributed by atoms with Gasteiger partial charge in [-0.3, -0.25) is 4.79 Å². The molecule has 1 aliphatic rings. The minimum Gasteiger partial charge on any atom is -0.374 e. The van der Waals surface area contributed by atoms with E-state index in [9.17, 15) is 4.79 Å². The van der Waals surface area contributed by atoms with Gasteiger partial charge in [-0.1, -0.05) is 11.3 Å². The first-order chi connectivity index (χ1) is 12.0. The van der Waals surface area contributed by atoms with Crippen LogP contribution < -0.4 is 16.0 Å². The number of nitrogens with one attached hydrogen (secondary N) is 1. The standard InChI is InChI=1S/C15H22N8OS/c1-10-11(13(24)17-4-3-12-20-21-14(16)25-12)9-18-15(19-10)23-7-5-22(2)6-8-23/h9H,3-8H2,1-2H3,(H2,16,21)(H,17,24). The molecule has 3 heterocycles. The SMILES string of the molecule is Cc1nc(N2CCN(C)CC2)ncc1C(=O)NCCc1nnc(N)s1. The highest BCUT2D eigenvalue weighted by molar-refractivity contribution is 7.15. The molecule has 2 aromatic heterocycles. The van der Waals surface area contributed by atoms with Crippen molar-refractivity contribution in [2.24, 2.45) is 0 Å². The van der Waals surface area contributed by atoms with Gasteiger partial charge in [0, 0.05) is 45.3 Å². The number of nitrogen functional groups attached to an aromatic ring is 1. The number of hydrogen-bond acceptors (Lipinski definition) is 9. The van der Waals surface area contributed by atoms with Crippen LogP contribution in [0.4, 0.5) is 11.1 Å². The summed E-state index contributed by atoms with van der Waals surface area (Å²) in [7, 11) is 2.10. The van der Waals surface area contributed by atoms with Crippen molar-refractivity contribution in [3.63, 3.8) is 0 Å². The third-order valence-electron chi connectivity index (χ3n) is 4.10. The predicted molar refractivity (Wildman–Crippen MR) is 96.8 cm³/mol. The molecule has 0 radical (unpaired) electrons. The summed E-state index contributed by atoms with van der Waals surface area (Å²) < 4.78 is 0. The Morgan fingerprint density at radius 1 is 1.32 bits per heavy atom. The molecule has 134 valence electrons. The number of aryl methyl sites for hydroxylation is 1. The zero-order valence-electron chi connectivity index (χ0n) is 14.4. The zero-order chi connectivity index (χ0) is 17.8. The number of amides is 1. The van der Waals surface area contributed by atoms with Crippen molar-refractivity contribution in [2.75, 3.05) is 50.4 Å². The van der Waals surface area contributed by atoms with Gasteiger partial charge in [0.05, 0.1) is 11.3 Å². The molecule has 0 aliphatic carbocycles. The van der Waals surface area contributed by atoms with Gasteiger partial charge in [-0.05, 0) is 14.0 Å². The number of nitrogens with two attached hydrogens (primary N) is 1. The van der Waals surface area contributed by atoms with Crippen LogP contribution in [0, 0.1) is 6.92 Å². The average Bonchev–Trinajstić information content (AvgIpc) is 3.00. The van der Waals surface area contributed by atoms with Gasteiger partial charge < -0.3 is 20.9 Å². The van der Waals surface area contributed by atoms with Gasteiger partial charge in [-0.25, -0.2) is 9.97 Å². The summed E-state index contributed by atoms with van der Waals surface area (Å²) in [6.07, 6.45) is 2.20. The van der Waals surface area contributed by atoms with Crippen molar-refractivity contribution < 1.29 is 4.79 Å². The molecule has 1 amide bonds. The maximum atomic E-state index is 12.3. The Labute approximate surface area is 150 Å². The number of aromatic nitrogens is 4. The molecule has 0 aromatic carbocycles. The van der Waals surface area contributed by atoms with Crippen LogP contribution in [0.2, 0.25) is 0 Å². The predicted octanol–water partition coefficient (Wildman–Crippen LogP) is -0.0570. The lowest BCUT2D eigenvalue weighted by Gasteiger charge is -2.32. The number of nitrogens with zero attached hydrogens (tertiary/aromatic N) is 6. The molecule has 0 atom stereocenters. The summed E-state index contributed by atoms with van der Waals surface area (Å²) in [6, 6.07) is 0. The van der Waals surface area contributed by atoms with Crippen LogP contribution in [-0.2, 0) is 6.42 Å². The fourth-order valence-electron chi connectivity index (χ4n) is 2.58. The van der Waals surface area contributed by atoms with Gasteiger partial charge in [-0.2, -0.15) is 0 Å². The van der Waals surface area contributed by atoms with Crippen LogP contribution in [0.3, 0.4) is 0 Å². The van der Waals surface area contributed by atoms with E-state index in [2.05, 4.69) is 42.3 Å². The highest BCUT2D eigenvalue weighted by Gasteiger charge is 2.18. The molecule has 1 saturated heterocycles. The molecular weight excluding hydrogens is 340 g/mol. The molecule has 25 heavy (non-hydrogen) atoms. The number of carbonyl (C=O) groups excluding carboxylic acids is 1. The first kappa shape index (κ1) is 17.5. The number of carbonyl (C=O) groups is 1. The molecule has 2 aromatic rings. The van der Waals surface area contributed by atoms with Gasteiger partial charge in [-0.15, -0.1) is 10.2 Å². The zero-order valence-corrected chi connectivity index (χ0v) is 15.2. The Morgan fingerprint density at radius 2 is 2.08 bits per heavy atom. The van der Waals surface area contributed by atoms with E-state index in [1.165, 1.54) is 11.3 Å². The van der Waals surface area contributed by atoms with Crippen molar-refractivity contribution in [3.05, 3.63) is 22.5 Å². The second kappa shape index (κ2) is 7.70. The van der Waals surface area contributed by atoms with Crippen molar-refractivity contribution in [2.45, 2.75) is 13.3 Å². The van der Waals surface area contributed by atoms with Crippen LogP contribution in [0.1, 0.15) is 21.1 Å². The third-order valence-corrected chi connectivity index (χ3v) is 4.92. The van der Waals surface area contributed by atoms with Crippen molar-refractivity contribution in [3.8, 4) is 0 Å². The highest BCUT2D eigenvalue weighted by atomic mass is 32.1. The van der Waals surface area contributed by atoms with E-state index >= 15 is 0 Å². The van der Waals surface area contributed by atoms with Gasteiger partial charge in [0.25, 0.3) is 5.91 Å². The summed E-state index contributed by atoms with van der Waals surface area (Å²) in [4.78, 5) is 25.6. The summed E-state index contributed by atoms with van der Waals surface area (Å²) in [5.74, 6) is 0.506. The van der Waals surface area contributed by atoms with E-state index in [0.29, 0.717) is 35.3 Å². The minimum atomic E-state index is -0.181. The Bertz CT molecular complexity index is 741. The van der Waals surface area contributed by atoms with E-state index in [1.54, 1.807) is 6.20 Å². The second-order valence-electron chi connectivity index (χ2n) is 6.00. The average molecular weight is 362 g/mol. The number of anilines is 2. The molecule has 1 fully saturated rings. The Kier molecular flexibility index (Phi) is 5.39. The lowest BCUT2D eigenvalue weighted by atomic mass is 10.2. The van der Waals surface area contributed by atoms with Gasteiger partial charge >= 0.3 is 0 Å². The van der Waals surface area contributed by atoms with E-state index in [-0.39, 0.29) is 5.91 Å². The molecule has 0 unspecified atom stereocenters. The van der Waals surface area contributed by atoms with Crippen LogP contribution in [0.25, 0.3) is 0 Å². The summed E-state index contributed by atoms with van der Waals surface area (Å²) in [5, 5.41) is 11.8. The van der Waals surface area contributed by atoms with Gasteiger partial charge in [0.2, 0.25) is 11.1 Å². The van der Waals surface area contributed by atoms with Crippen LogP contribution in [0.15, 0.2) is 6.20 Å². The van der Waals surface area contributed by atoms with Gasteiger partial charge in [0.1, 0.15) is 5.01 Å². The Hall–Kier alpha value is -2.33. The Morgan fingerprint density at radius 3 is 2.72 bits per heavy atom. The van der Waals surface area contributed by atoms with Crippen molar-refractivity contribution in [1.82, 2.24) is 30.4 Å². The first-order valence-electron chi connectivity index (χ1n) is 8.16. The summed E-state index contributed by atoms with van der Waals surface area (Å²) >= 11 is 1.33. The van der Waals surface area contributed by atoms with Gasteiger partial charge in [0.15, 0.2) is 0 Å². The fraction of sp³-hybridized carbons (Fsp3) is 0.533.